The van der Waals surface area contributed by atoms with E-state index in [0.29, 0.717) is 26.2 Å². The number of amides is 3. The number of hydrogen-bond acceptors (Lipinski definition) is 4. The van der Waals surface area contributed by atoms with Crippen LogP contribution in [0.4, 0.5) is 10.5 Å². The van der Waals surface area contributed by atoms with Crippen molar-refractivity contribution in [1.82, 2.24) is 20.4 Å². The highest BCUT2D eigenvalue weighted by Crippen LogP contribution is 2.21. The summed E-state index contributed by atoms with van der Waals surface area (Å²) in [5, 5.41) is 6.37. The quantitative estimate of drug-likeness (QED) is 0.825. The molecular formula is C21H33N5O2. The molecule has 3 rings (SSSR count). The molecule has 7 nitrogen and oxygen atoms in total. The van der Waals surface area contributed by atoms with E-state index >= 15 is 0 Å². The summed E-state index contributed by atoms with van der Waals surface area (Å²) in [6, 6.07) is 10.1. The monoisotopic (exact) mass is 387 g/mol. The van der Waals surface area contributed by atoms with Crippen LogP contribution >= 0.6 is 0 Å². The predicted octanol–water partition coefficient (Wildman–Crippen LogP) is 1.51. The second-order valence-corrected chi connectivity index (χ2v) is 9.11. The third-order valence-electron chi connectivity index (χ3n) is 5.28. The van der Waals surface area contributed by atoms with E-state index in [1.165, 1.54) is 5.69 Å². The second kappa shape index (κ2) is 7.99. The Morgan fingerprint density at radius 3 is 2.07 bits per heavy atom. The number of rotatable bonds is 3. The number of urea groups is 1. The van der Waals surface area contributed by atoms with Crippen LogP contribution < -0.4 is 15.5 Å². The van der Waals surface area contributed by atoms with Crippen LogP contribution in [0.1, 0.15) is 27.7 Å². The van der Waals surface area contributed by atoms with E-state index < -0.39 is 0 Å². The molecule has 2 N–H and O–H groups in total. The van der Waals surface area contributed by atoms with Gasteiger partial charge in [-0.25, -0.2) is 4.79 Å². The molecule has 1 aromatic rings. The largest absolute Gasteiger partial charge is 0.368 e. The molecule has 0 atom stereocenters. The van der Waals surface area contributed by atoms with Gasteiger partial charge in [-0.1, -0.05) is 18.2 Å². The second-order valence-electron chi connectivity index (χ2n) is 9.11. The molecule has 1 aromatic carbocycles. The molecule has 2 heterocycles. The number of nitrogens with one attached hydrogen (secondary N) is 2. The Balaban J connectivity index is 1.46. The molecular weight excluding hydrogens is 354 g/mol. The first-order chi connectivity index (χ1) is 13.2. The van der Waals surface area contributed by atoms with Crippen molar-refractivity contribution >= 4 is 17.6 Å². The lowest BCUT2D eigenvalue weighted by atomic mass is 9.92. The van der Waals surface area contributed by atoms with Gasteiger partial charge in [0.05, 0.1) is 6.54 Å². The highest BCUT2D eigenvalue weighted by Gasteiger charge is 2.38. The van der Waals surface area contributed by atoms with Gasteiger partial charge < -0.3 is 25.3 Å². The number of para-hydroxylation sites is 1. The number of carbonyl (C=O) groups excluding carboxylic acids is 2. The van der Waals surface area contributed by atoms with E-state index in [1.807, 2.05) is 23.1 Å². The molecule has 3 amide bonds. The molecule has 0 unspecified atom stereocenters. The van der Waals surface area contributed by atoms with Gasteiger partial charge in [-0.3, -0.25) is 4.79 Å². The highest BCUT2D eigenvalue weighted by atomic mass is 16.2. The van der Waals surface area contributed by atoms with E-state index in [1.54, 1.807) is 4.90 Å². The smallest absolute Gasteiger partial charge is 0.317 e. The van der Waals surface area contributed by atoms with Gasteiger partial charge in [0.25, 0.3) is 0 Å². The first kappa shape index (κ1) is 20.5. The fourth-order valence-corrected chi connectivity index (χ4v) is 4.38. The summed E-state index contributed by atoms with van der Waals surface area (Å²) in [5.41, 5.74) is 0.875. The zero-order chi connectivity index (χ0) is 20.4. The van der Waals surface area contributed by atoms with E-state index in [0.717, 1.165) is 13.1 Å². The average molecular weight is 388 g/mol. The molecule has 0 saturated carbocycles. The Morgan fingerprint density at radius 2 is 1.50 bits per heavy atom. The Morgan fingerprint density at radius 1 is 0.929 bits per heavy atom. The number of nitrogens with zero attached hydrogens (tertiary/aromatic N) is 3. The van der Waals surface area contributed by atoms with Crippen molar-refractivity contribution in [3.63, 3.8) is 0 Å². The summed E-state index contributed by atoms with van der Waals surface area (Å²) >= 11 is 0. The van der Waals surface area contributed by atoms with Gasteiger partial charge in [-0.15, -0.1) is 0 Å². The number of benzene rings is 1. The molecule has 7 heteroatoms. The molecule has 0 bridgehead atoms. The van der Waals surface area contributed by atoms with Crippen LogP contribution in [0.15, 0.2) is 30.3 Å². The molecule has 2 aliphatic heterocycles. The summed E-state index contributed by atoms with van der Waals surface area (Å²) in [7, 11) is 0. The SMILES string of the molecule is CC1(C)CN(C(=O)NCC(=O)N2CCN(c3ccccc3)CC2)CC(C)(C)N1. The normalized spacial score (nSPS) is 21.4. The van der Waals surface area contributed by atoms with Crippen molar-refractivity contribution in [2.24, 2.45) is 0 Å². The topological polar surface area (TPSA) is 67.9 Å². The maximum Gasteiger partial charge on any atom is 0.317 e. The van der Waals surface area contributed by atoms with Crippen molar-refractivity contribution in [3.05, 3.63) is 30.3 Å². The molecule has 0 aliphatic carbocycles. The first-order valence-corrected chi connectivity index (χ1v) is 10.1. The lowest BCUT2D eigenvalue weighted by Gasteiger charge is -2.48. The number of piperazine rings is 2. The summed E-state index contributed by atoms with van der Waals surface area (Å²) in [6.45, 7) is 12.6. The van der Waals surface area contributed by atoms with Gasteiger partial charge in [0.1, 0.15) is 0 Å². The summed E-state index contributed by atoms with van der Waals surface area (Å²) < 4.78 is 0. The maximum atomic E-state index is 12.6. The van der Waals surface area contributed by atoms with Gasteiger partial charge in [-0.2, -0.15) is 0 Å². The zero-order valence-electron chi connectivity index (χ0n) is 17.5. The van der Waals surface area contributed by atoms with Gasteiger partial charge in [0.2, 0.25) is 5.91 Å². The molecule has 2 fully saturated rings. The summed E-state index contributed by atoms with van der Waals surface area (Å²) in [4.78, 5) is 31.1. The maximum absolute atomic E-state index is 12.6. The van der Waals surface area contributed by atoms with Gasteiger partial charge >= 0.3 is 6.03 Å². The Bertz CT molecular complexity index is 680. The van der Waals surface area contributed by atoms with Crippen LogP contribution in [0, 0.1) is 0 Å². The lowest BCUT2D eigenvalue weighted by molar-refractivity contribution is -0.130. The predicted molar refractivity (Wildman–Crippen MR) is 112 cm³/mol. The Kier molecular flexibility index (Phi) is 5.84. The fourth-order valence-electron chi connectivity index (χ4n) is 4.38. The minimum absolute atomic E-state index is 0.0188. The van der Waals surface area contributed by atoms with Gasteiger partial charge in [0, 0.05) is 56.0 Å². The molecule has 2 aliphatic rings. The van der Waals surface area contributed by atoms with Gasteiger partial charge in [0.15, 0.2) is 0 Å². The van der Waals surface area contributed by atoms with Crippen molar-refractivity contribution in [1.29, 1.82) is 0 Å². The molecule has 2 saturated heterocycles. The van der Waals surface area contributed by atoms with Crippen molar-refractivity contribution < 1.29 is 9.59 Å². The third-order valence-corrected chi connectivity index (χ3v) is 5.28. The number of carbonyl (C=O) groups is 2. The fraction of sp³-hybridized carbons (Fsp3) is 0.619. The van der Waals surface area contributed by atoms with Crippen LogP contribution in [-0.2, 0) is 4.79 Å². The van der Waals surface area contributed by atoms with Crippen molar-refractivity contribution in [2.75, 3.05) is 50.7 Å². The van der Waals surface area contributed by atoms with Crippen LogP contribution in [-0.4, -0.2) is 78.6 Å². The number of anilines is 1. The summed E-state index contributed by atoms with van der Waals surface area (Å²) in [6.07, 6.45) is 0. The molecule has 154 valence electrons. The van der Waals surface area contributed by atoms with Gasteiger partial charge in [-0.05, 0) is 39.8 Å². The van der Waals surface area contributed by atoms with Crippen molar-refractivity contribution in [2.45, 2.75) is 38.8 Å². The Labute approximate surface area is 168 Å². The van der Waals surface area contributed by atoms with Crippen LogP contribution in [0.2, 0.25) is 0 Å². The molecule has 0 aromatic heterocycles. The minimum Gasteiger partial charge on any atom is -0.368 e. The van der Waals surface area contributed by atoms with E-state index in [2.05, 4.69) is 55.4 Å². The minimum atomic E-state index is -0.168. The lowest BCUT2D eigenvalue weighted by Crippen LogP contribution is -2.68. The van der Waals surface area contributed by atoms with Crippen LogP contribution in [0.3, 0.4) is 0 Å². The third kappa shape index (κ3) is 5.16. The van der Waals surface area contributed by atoms with E-state index in [9.17, 15) is 9.59 Å². The first-order valence-electron chi connectivity index (χ1n) is 10.1. The summed E-state index contributed by atoms with van der Waals surface area (Å²) in [5.74, 6) is -0.0188. The van der Waals surface area contributed by atoms with E-state index in [-0.39, 0.29) is 29.6 Å². The standard InChI is InChI=1S/C21H33N5O2/c1-20(2)15-26(16-21(3,4)23-20)19(28)22-14-18(27)25-12-10-24(11-13-25)17-8-6-5-7-9-17/h5-9,23H,10-16H2,1-4H3,(H,22,28). The van der Waals surface area contributed by atoms with Crippen LogP contribution in [0.5, 0.6) is 0 Å². The zero-order valence-corrected chi connectivity index (χ0v) is 17.5. The van der Waals surface area contributed by atoms with Crippen molar-refractivity contribution in [3.8, 4) is 0 Å². The Hall–Kier alpha value is -2.28. The number of hydrogen-bond donors (Lipinski definition) is 2. The molecule has 28 heavy (non-hydrogen) atoms. The molecule has 0 spiro atoms. The van der Waals surface area contributed by atoms with Crippen LogP contribution in [0.25, 0.3) is 0 Å². The highest BCUT2D eigenvalue weighted by molar-refractivity contribution is 5.84. The molecule has 0 radical (unpaired) electrons. The average Bonchev–Trinajstić information content (AvgIpc) is 2.64. The van der Waals surface area contributed by atoms with E-state index in [4.69, 9.17) is 0 Å².